The number of thiazole rings is 1. The fourth-order valence-corrected chi connectivity index (χ4v) is 2.78. The minimum absolute atomic E-state index is 0.235. The predicted octanol–water partition coefficient (Wildman–Crippen LogP) is 4.42. The van der Waals surface area contributed by atoms with E-state index in [-0.39, 0.29) is 11.6 Å². The second-order valence-electron chi connectivity index (χ2n) is 4.60. The van der Waals surface area contributed by atoms with Crippen LogP contribution in [0.3, 0.4) is 0 Å². The van der Waals surface area contributed by atoms with Crippen LogP contribution >= 0.6 is 11.3 Å². The summed E-state index contributed by atoms with van der Waals surface area (Å²) in [5, 5.41) is 12.1. The highest BCUT2D eigenvalue weighted by molar-refractivity contribution is 7.14. The molecule has 0 fully saturated rings. The highest BCUT2D eigenvalue weighted by Crippen LogP contribution is 2.31. The Balaban J connectivity index is 1.87. The van der Waals surface area contributed by atoms with Crippen molar-refractivity contribution < 1.29 is 9.50 Å². The number of aromatic nitrogens is 1. The van der Waals surface area contributed by atoms with Crippen molar-refractivity contribution in [2.45, 2.75) is 0 Å². The summed E-state index contributed by atoms with van der Waals surface area (Å²) in [7, 11) is 1.92. The van der Waals surface area contributed by atoms with E-state index in [0.29, 0.717) is 0 Å². The first-order valence-corrected chi connectivity index (χ1v) is 7.26. The van der Waals surface area contributed by atoms with Crippen LogP contribution in [0.5, 0.6) is 5.75 Å². The summed E-state index contributed by atoms with van der Waals surface area (Å²) >= 11 is 1.51. The second kappa shape index (κ2) is 5.54. The van der Waals surface area contributed by atoms with Crippen LogP contribution in [-0.2, 0) is 0 Å². The van der Waals surface area contributed by atoms with E-state index in [0.717, 1.165) is 22.1 Å². The minimum atomic E-state index is -0.254. The number of benzene rings is 2. The lowest BCUT2D eigenvalue weighted by Crippen LogP contribution is -2.08. The highest BCUT2D eigenvalue weighted by Gasteiger charge is 2.10. The normalized spacial score (nSPS) is 10.6. The number of phenolic OH excluding ortho intramolecular Hbond substituents is 1. The van der Waals surface area contributed by atoms with Gasteiger partial charge in [-0.05, 0) is 48.5 Å². The molecule has 0 saturated heterocycles. The maximum Gasteiger partial charge on any atom is 0.190 e. The van der Waals surface area contributed by atoms with Crippen molar-refractivity contribution in [1.82, 2.24) is 4.98 Å². The van der Waals surface area contributed by atoms with E-state index in [9.17, 15) is 9.50 Å². The molecule has 1 aromatic heterocycles. The number of hydrogen-bond acceptors (Lipinski definition) is 4. The van der Waals surface area contributed by atoms with Crippen LogP contribution in [0.4, 0.5) is 15.2 Å². The van der Waals surface area contributed by atoms with Gasteiger partial charge in [0.05, 0.1) is 5.69 Å². The molecule has 0 unspecified atom stereocenters. The van der Waals surface area contributed by atoms with Gasteiger partial charge >= 0.3 is 0 Å². The standard InChI is InChI=1S/C16H13FN2OS/c1-19(13-6-8-14(20)9-7-13)16-18-15(10-21-16)11-2-4-12(17)5-3-11/h2-10,20H,1H3. The average molecular weight is 300 g/mol. The van der Waals surface area contributed by atoms with Crippen LogP contribution in [0.2, 0.25) is 0 Å². The number of aromatic hydroxyl groups is 1. The van der Waals surface area contributed by atoms with Gasteiger partial charge in [-0.1, -0.05) is 0 Å². The Morgan fingerprint density at radius 2 is 1.71 bits per heavy atom. The van der Waals surface area contributed by atoms with Crippen molar-refractivity contribution in [2.75, 3.05) is 11.9 Å². The van der Waals surface area contributed by atoms with Crippen molar-refractivity contribution >= 4 is 22.2 Å². The average Bonchev–Trinajstić information content (AvgIpc) is 2.98. The molecule has 3 nitrogen and oxygen atoms in total. The summed E-state index contributed by atoms with van der Waals surface area (Å²) in [6, 6.07) is 13.2. The number of rotatable bonds is 3. The van der Waals surface area contributed by atoms with Gasteiger partial charge in [0.1, 0.15) is 11.6 Å². The third kappa shape index (κ3) is 2.87. The van der Waals surface area contributed by atoms with Gasteiger partial charge in [-0.2, -0.15) is 0 Å². The lowest BCUT2D eigenvalue weighted by molar-refractivity contribution is 0.475. The zero-order valence-electron chi connectivity index (χ0n) is 11.3. The summed E-state index contributed by atoms with van der Waals surface area (Å²) in [4.78, 5) is 6.51. The second-order valence-corrected chi connectivity index (χ2v) is 5.43. The van der Waals surface area contributed by atoms with Gasteiger partial charge in [-0.3, -0.25) is 0 Å². The molecule has 3 aromatic rings. The monoisotopic (exact) mass is 300 g/mol. The van der Waals surface area contributed by atoms with Crippen LogP contribution < -0.4 is 4.90 Å². The number of phenols is 1. The molecule has 1 heterocycles. The Labute approximate surface area is 125 Å². The van der Waals surface area contributed by atoms with E-state index in [1.54, 1.807) is 24.3 Å². The number of nitrogens with zero attached hydrogens (tertiary/aromatic N) is 2. The molecule has 21 heavy (non-hydrogen) atoms. The maximum absolute atomic E-state index is 12.9. The zero-order valence-corrected chi connectivity index (χ0v) is 12.1. The first-order valence-electron chi connectivity index (χ1n) is 6.38. The van der Waals surface area contributed by atoms with E-state index in [1.165, 1.54) is 23.5 Å². The third-order valence-corrected chi connectivity index (χ3v) is 4.07. The van der Waals surface area contributed by atoms with Crippen molar-refractivity contribution in [3.8, 4) is 17.0 Å². The number of anilines is 2. The largest absolute Gasteiger partial charge is 0.508 e. The van der Waals surface area contributed by atoms with Crippen LogP contribution in [0.1, 0.15) is 0 Å². The molecule has 0 spiro atoms. The van der Waals surface area contributed by atoms with E-state index < -0.39 is 0 Å². The lowest BCUT2D eigenvalue weighted by atomic mass is 10.2. The molecule has 5 heteroatoms. The van der Waals surface area contributed by atoms with Crippen molar-refractivity contribution in [2.24, 2.45) is 0 Å². The van der Waals surface area contributed by atoms with Crippen LogP contribution in [0.15, 0.2) is 53.9 Å². The van der Waals surface area contributed by atoms with Gasteiger partial charge in [0, 0.05) is 23.7 Å². The molecule has 0 radical (unpaired) electrons. The molecule has 0 aliphatic carbocycles. The molecule has 0 atom stereocenters. The SMILES string of the molecule is CN(c1ccc(O)cc1)c1nc(-c2ccc(F)cc2)cs1. The molecule has 2 aromatic carbocycles. The summed E-state index contributed by atoms with van der Waals surface area (Å²) in [5.74, 6) is -0.0197. The quantitative estimate of drug-likeness (QED) is 0.777. The summed E-state index contributed by atoms with van der Waals surface area (Å²) in [6.07, 6.45) is 0. The summed E-state index contributed by atoms with van der Waals surface area (Å²) < 4.78 is 12.9. The number of halogens is 1. The molecule has 1 N–H and O–H groups in total. The maximum atomic E-state index is 12.9. The molecular weight excluding hydrogens is 287 g/mol. The van der Waals surface area contributed by atoms with Gasteiger partial charge in [0.15, 0.2) is 5.13 Å². The van der Waals surface area contributed by atoms with Crippen LogP contribution in [0, 0.1) is 5.82 Å². The van der Waals surface area contributed by atoms with E-state index >= 15 is 0 Å². The Kier molecular flexibility index (Phi) is 3.58. The Bertz CT molecular complexity index is 738. The fourth-order valence-electron chi connectivity index (χ4n) is 1.96. The van der Waals surface area contributed by atoms with Crippen molar-refractivity contribution in [3.05, 3.63) is 59.7 Å². The lowest BCUT2D eigenvalue weighted by Gasteiger charge is -2.15. The molecule has 0 amide bonds. The van der Waals surface area contributed by atoms with Crippen LogP contribution in [-0.4, -0.2) is 17.1 Å². The van der Waals surface area contributed by atoms with Gasteiger partial charge in [0.25, 0.3) is 0 Å². The Hall–Kier alpha value is -2.40. The first-order chi connectivity index (χ1) is 10.1. The topological polar surface area (TPSA) is 36.4 Å². The molecule has 0 aliphatic heterocycles. The van der Waals surface area contributed by atoms with E-state index in [1.807, 2.05) is 29.5 Å². The Morgan fingerprint density at radius 1 is 1.05 bits per heavy atom. The van der Waals surface area contributed by atoms with Gasteiger partial charge in [-0.15, -0.1) is 11.3 Å². The molecule has 106 valence electrons. The zero-order chi connectivity index (χ0) is 14.8. The van der Waals surface area contributed by atoms with Gasteiger partial charge in [-0.25, -0.2) is 9.37 Å². The third-order valence-electron chi connectivity index (χ3n) is 3.16. The van der Waals surface area contributed by atoms with Crippen LogP contribution in [0.25, 0.3) is 11.3 Å². The summed E-state index contributed by atoms with van der Waals surface area (Å²) in [5.41, 5.74) is 2.64. The van der Waals surface area contributed by atoms with E-state index in [2.05, 4.69) is 4.98 Å². The van der Waals surface area contributed by atoms with Gasteiger partial charge in [0.2, 0.25) is 0 Å². The number of hydrogen-bond donors (Lipinski definition) is 1. The molecule has 3 rings (SSSR count). The minimum Gasteiger partial charge on any atom is -0.508 e. The Morgan fingerprint density at radius 3 is 2.38 bits per heavy atom. The molecular formula is C16H13FN2OS. The van der Waals surface area contributed by atoms with Crippen molar-refractivity contribution in [3.63, 3.8) is 0 Å². The molecule has 0 aliphatic rings. The van der Waals surface area contributed by atoms with Crippen molar-refractivity contribution in [1.29, 1.82) is 0 Å². The highest BCUT2D eigenvalue weighted by atomic mass is 32.1. The predicted molar refractivity (Wildman–Crippen MR) is 83.7 cm³/mol. The van der Waals surface area contributed by atoms with Gasteiger partial charge < -0.3 is 10.0 Å². The first kappa shape index (κ1) is 13.6. The van der Waals surface area contributed by atoms with E-state index in [4.69, 9.17) is 0 Å². The fraction of sp³-hybridized carbons (Fsp3) is 0.0625. The molecule has 0 saturated carbocycles. The smallest absolute Gasteiger partial charge is 0.190 e. The summed E-state index contributed by atoms with van der Waals surface area (Å²) in [6.45, 7) is 0. The molecule has 0 bridgehead atoms.